The van der Waals surface area contributed by atoms with Crippen LogP contribution >= 0.6 is 27.5 Å². The summed E-state index contributed by atoms with van der Waals surface area (Å²) in [6.07, 6.45) is -2.60. The van der Waals surface area contributed by atoms with Crippen LogP contribution in [0, 0.1) is 0 Å². The molecule has 2 N–H and O–H groups in total. The molecule has 4 rings (SSSR count). The van der Waals surface area contributed by atoms with Gasteiger partial charge in [-0.25, -0.2) is 8.42 Å². The number of anilines is 1. The van der Waals surface area contributed by atoms with E-state index in [0.717, 1.165) is 0 Å². The van der Waals surface area contributed by atoms with Crippen molar-refractivity contribution in [2.75, 3.05) is 4.72 Å². The number of alkyl halides is 2. The molecule has 0 unspecified atom stereocenters. The minimum absolute atomic E-state index is 0.0634. The Balaban J connectivity index is 1.77. The van der Waals surface area contributed by atoms with Crippen molar-refractivity contribution in [2.45, 2.75) is 11.2 Å². The number of ether oxygens (including phenoxy) is 2. The Morgan fingerprint density at radius 2 is 1.88 bits per heavy atom. The summed E-state index contributed by atoms with van der Waals surface area (Å²) in [5.74, 6) is -0.697. The molecule has 0 saturated carbocycles. The normalized spacial score (nSPS) is 15.4. The summed E-state index contributed by atoms with van der Waals surface area (Å²) < 4.78 is 63.6. The van der Waals surface area contributed by atoms with Crippen molar-refractivity contribution in [3.05, 3.63) is 46.0 Å². The second kappa shape index (κ2) is 5.73. The average Bonchev–Trinajstić information content (AvgIpc) is 3.10. The molecule has 26 heavy (non-hydrogen) atoms. The summed E-state index contributed by atoms with van der Waals surface area (Å²) in [7, 11) is -4.10. The zero-order chi connectivity index (χ0) is 18.7. The molecule has 3 aromatic rings. The Morgan fingerprint density at radius 3 is 2.65 bits per heavy atom. The molecule has 2 aromatic carbocycles. The van der Waals surface area contributed by atoms with E-state index in [1.165, 1.54) is 18.3 Å². The quantitative estimate of drug-likeness (QED) is 0.587. The first-order valence-electron chi connectivity index (χ1n) is 7.04. The molecule has 11 heteroatoms. The number of sulfonamides is 1. The largest absolute Gasteiger partial charge is 0.586 e. The van der Waals surface area contributed by atoms with Gasteiger partial charge in [0.15, 0.2) is 11.5 Å². The maximum absolute atomic E-state index is 13.4. The van der Waals surface area contributed by atoms with Gasteiger partial charge in [0.1, 0.15) is 4.90 Å². The van der Waals surface area contributed by atoms with Crippen LogP contribution in [0.1, 0.15) is 0 Å². The van der Waals surface area contributed by atoms with Crippen LogP contribution in [0.3, 0.4) is 0 Å². The zero-order valence-corrected chi connectivity index (χ0v) is 15.7. The van der Waals surface area contributed by atoms with Crippen LogP contribution in [0.4, 0.5) is 14.5 Å². The van der Waals surface area contributed by atoms with Gasteiger partial charge in [-0.3, -0.25) is 4.72 Å². The van der Waals surface area contributed by atoms with Crippen LogP contribution in [-0.2, 0) is 10.0 Å². The summed E-state index contributed by atoms with van der Waals surface area (Å²) in [6, 6.07) is 7.33. The molecule has 1 aromatic heterocycles. The predicted octanol–water partition coefficient (Wildman–Crippen LogP) is 4.71. The lowest BCUT2D eigenvalue weighted by atomic mass is 10.2. The van der Waals surface area contributed by atoms with Crippen LogP contribution in [0.5, 0.6) is 11.5 Å². The molecule has 2 heterocycles. The van der Waals surface area contributed by atoms with Crippen molar-refractivity contribution in [2.24, 2.45) is 0 Å². The van der Waals surface area contributed by atoms with Gasteiger partial charge in [-0.15, -0.1) is 8.78 Å². The Labute approximate surface area is 159 Å². The van der Waals surface area contributed by atoms with Crippen molar-refractivity contribution in [1.29, 1.82) is 0 Å². The van der Waals surface area contributed by atoms with E-state index in [4.69, 9.17) is 11.6 Å². The number of benzene rings is 2. The third-order valence-electron chi connectivity index (χ3n) is 3.65. The minimum atomic E-state index is -4.10. The highest BCUT2D eigenvalue weighted by atomic mass is 79.9. The van der Waals surface area contributed by atoms with Gasteiger partial charge in [0.2, 0.25) is 0 Å². The number of nitrogens with one attached hydrogen (secondary N) is 2. The number of rotatable bonds is 3. The molecular weight excluding hydrogens is 458 g/mol. The highest BCUT2D eigenvalue weighted by Crippen LogP contribution is 2.50. The molecule has 0 radical (unpaired) electrons. The number of hydrogen-bond donors (Lipinski definition) is 2. The molecule has 136 valence electrons. The molecule has 0 amide bonds. The lowest BCUT2D eigenvalue weighted by molar-refractivity contribution is -0.286. The Morgan fingerprint density at radius 1 is 1.15 bits per heavy atom. The Bertz CT molecular complexity index is 1150. The predicted molar refractivity (Wildman–Crippen MR) is 94.5 cm³/mol. The Kier molecular flexibility index (Phi) is 3.83. The lowest BCUT2D eigenvalue weighted by Crippen LogP contribution is -2.26. The molecule has 0 saturated heterocycles. The van der Waals surface area contributed by atoms with E-state index in [2.05, 4.69) is 35.1 Å². The summed E-state index contributed by atoms with van der Waals surface area (Å²) in [4.78, 5) is 2.74. The molecule has 0 bridgehead atoms. The topological polar surface area (TPSA) is 80.4 Å². The maximum Gasteiger partial charge on any atom is 0.586 e. The molecule has 1 aliphatic rings. The monoisotopic (exact) mass is 464 g/mol. The second-order valence-electron chi connectivity index (χ2n) is 5.37. The molecule has 0 aliphatic carbocycles. The molecule has 0 fully saturated rings. The van der Waals surface area contributed by atoms with Gasteiger partial charge in [0.25, 0.3) is 10.0 Å². The van der Waals surface area contributed by atoms with Gasteiger partial charge in [0, 0.05) is 22.1 Å². The lowest BCUT2D eigenvalue weighted by Gasteiger charge is -2.10. The fourth-order valence-corrected chi connectivity index (χ4v) is 4.37. The first kappa shape index (κ1) is 17.4. The average molecular weight is 466 g/mol. The van der Waals surface area contributed by atoms with Crippen molar-refractivity contribution >= 4 is 54.1 Å². The summed E-state index contributed by atoms with van der Waals surface area (Å²) >= 11 is 8.94. The van der Waals surface area contributed by atoms with Crippen LogP contribution < -0.4 is 14.2 Å². The molecule has 0 atom stereocenters. The van der Waals surface area contributed by atoms with E-state index in [1.54, 1.807) is 18.2 Å². The van der Waals surface area contributed by atoms with Gasteiger partial charge < -0.3 is 14.5 Å². The highest BCUT2D eigenvalue weighted by molar-refractivity contribution is 9.10. The van der Waals surface area contributed by atoms with E-state index in [9.17, 15) is 17.2 Å². The number of aromatic nitrogens is 1. The van der Waals surface area contributed by atoms with Crippen molar-refractivity contribution in [3.63, 3.8) is 0 Å². The van der Waals surface area contributed by atoms with Gasteiger partial charge in [-0.1, -0.05) is 11.6 Å². The number of halogens is 4. The molecule has 1 aliphatic heterocycles. The van der Waals surface area contributed by atoms with Crippen LogP contribution in [0.2, 0.25) is 5.02 Å². The minimum Gasteiger partial charge on any atom is -0.394 e. The van der Waals surface area contributed by atoms with Crippen LogP contribution in [0.15, 0.2) is 45.9 Å². The number of fused-ring (bicyclic) bond motifs is 2. The SMILES string of the molecule is O=S(=O)(Nc1ccc(Br)c2c1OC(F)(F)O2)c1c[nH]c2cc(Cl)ccc12. The first-order valence-corrected chi connectivity index (χ1v) is 9.69. The van der Waals surface area contributed by atoms with Crippen LogP contribution in [0.25, 0.3) is 10.9 Å². The molecule has 6 nitrogen and oxygen atoms in total. The van der Waals surface area contributed by atoms with Crippen molar-refractivity contribution in [1.82, 2.24) is 4.98 Å². The van der Waals surface area contributed by atoms with Crippen LogP contribution in [-0.4, -0.2) is 19.7 Å². The summed E-state index contributed by atoms with van der Waals surface area (Å²) in [6.45, 7) is 0. The van der Waals surface area contributed by atoms with Gasteiger partial charge in [-0.2, -0.15) is 0 Å². The third kappa shape index (κ3) is 2.87. The van der Waals surface area contributed by atoms with Gasteiger partial charge >= 0.3 is 6.29 Å². The fourth-order valence-electron chi connectivity index (χ4n) is 2.57. The highest BCUT2D eigenvalue weighted by Gasteiger charge is 2.46. The summed E-state index contributed by atoms with van der Waals surface area (Å²) in [5.41, 5.74) is 0.341. The number of H-pyrrole nitrogens is 1. The van der Waals surface area contributed by atoms with Gasteiger partial charge in [0.05, 0.1) is 10.2 Å². The summed E-state index contributed by atoms with van der Waals surface area (Å²) in [5, 5.41) is 0.841. The smallest absolute Gasteiger partial charge is 0.394 e. The molecule has 0 spiro atoms. The number of hydrogen-bond acceptors (Lipinski definition) is 4. The maximum atomic E-state index is 13.4. The van der Waals surface area contributed by atoms with Crippen molar-refractivity contribution in [3.8, 4) is 11.5 Å². The van der Waals surface area contributed by atoms with E-state index < -0.39 is 22.1 Å². The zero-order valence-electron chi connectivity index (χ0n) is 12.5. The third-order valence-corrected chi connectivity index (χ3v) is 5.91. The number of aromatic amines is 1. The fraction of sp³-hybridized carbons (Fsp3) is 0.0667. The van der Waals surface area contributed by atoms with E-state index in [-0.39, 0.29) is 20.8 Å². The van der Waals surface area contributed by atoms with E-state index in [1.807, 2.05) is 0 Å². The Hall–Kier alpha value is -2.04. The molecular formula is C15H8BrClF2N2O4S. The standard InChI is InChI=1S/C15H8BrClF2N2O4S/c16-9-3-4-10(14-13(9)24-15(18,19)25-14)21-26(22,23)12-6-20-11-5-7(17)1-2-8(11)12/h1-6,20-21H. The first-order chi connectivity index (χ1) is 12.2. The van der Waals surface area contributed by atoms with E-state index in [0.29, 0.717) is 15.9 Å². The van der Waals surface area contributed by atoms with Crippen molar-refractivity contribution < 1.29 is 26.7 Å². The van der Waals surface area contributed by atoms with Gasteiger partial charge in [-0.05, 0) is 46.3 Å². The second-order valence-corrected chi connectivity index (χ2v) is 8.31. The van der Waals surface area contributed by atoms with E-state index >= 15 is 0 Å².